The van der Waals surface area contributed by atoms with Gasteiger partial charge in [-0.2, -0.15) is 0 Å². The molecular weight excluding hydrogens is 394 g/mol. The maximum absolute atomic E-state index is 13.1. The number of hydrogen-bond acceptors (Lipinski definition) is 5. The highest BCUT2D eigenvalue weighted by atomic mass is 35.5. The highest BCUT2D eigenvalue weighted by Crippen LogP contribution is 2.36. The molecule has 0 radical (unpaired) electrons. The molecule has 1 atom stereocenters. The molecule has 2 aromatic carbocycles. The van der Waals surface area contributed by atoms with Crippen LogP contribution >= 0.6 is 23.4 Å². The minimum absolute atomic E-state index is 0.0252. The molecule has 3 aromatic rings. The van der Waals surface area contributed by atoms with Gasteiger partial charge in [-0.1, -0.05) is 53.7 Å². The first-order valence-corrected chi connectivity index (χ1v) is 10.3. The molecule has 1 amide bonds. The zero-order valence-electron chi connectivity index (χ0n) is 15.7. The van der Waals surface area contributed by atoms with Crippen LogP contribution in [0.1, 0.15) is 24.7 Å². The summed E-state index contributed by atoms with van der Waals surface area (Å²) in [6.07, 6.45) is 0. The summed E-state index contributed by atoms with van der Waals surface area (Å²) in [5.41, 5.74) is 1.71. The second-order valence-corrected chi connectivity index (χ2v) is 7.61. The number of rotatable bonds is 7. The van der Waals surface area contributed by atoms with Crippen LogP contribution in [0.25, 0.3) is 11.4 Å². The zero-order chi connectivity index (χ0) is 20.1. The van der Waals surface area contributed by atoms with E-state index in [1.165, 1.54) is 16.4 Å². The van der Waals surface area contributed by atoms with Crippen molar-refractivity contribution in [3.05, 3.63) is 65.2 Å². The number of aromatic nitrogens is 3. The van der Waals surface area contributed by atoms with Crippen LogP contribution in [-0.2, 0) is 4.79 Å². The van der Waals surface area contributed by atoms with Crippen molar-refractivity contribution in [2.75, 3.05) is 18.9 Å². The van der Waals surface area contributed by atoms with Crippen LogP contribution in [0.15, 0.2) is 59.8 Å². The van der Waals surface area contributed by atoms with Crippen LogP contribution in [0, 0.1) is 0 Å². The Balaban J connectivity index is 1.93. The number of carbonyl (C=O) groups excluding carboxylic acids is 1. The fourth-order valence-corrected chi connectivity index (χ4v) is 4.02. The van der Waals surface area contributed by atoms with Crippen LogP contribution < -0.4 is 5.84 Å². The molecule has 6 nitrogen and oxygen atoms in total. The lowest BCUT2D eigenvalue weighted by Crippen LogP contribution is -2.34. The summed E-state index contributed by atoms with van der Waals surface area (Å²) in [6.45, 7) is 5.23. The lowest BCUT2D eigenvalue weighted by Gasteiger charge is -2.24. The third-order valence-corrected chi connectivity index (χ3v) is 5.84. The van der Waals surface area contributed by atoms with E-state index in [0.717, 1.165) is 11.1 Å². The van der Waals surface area contributed by atoms with Crippen LogP contribution in [0.5, 0.6) is 0 Å². The van der Waals surface area contributed by atoms with E-state index in [9.17, 15) is 4.79 Å². The molecule has 28 heavy (non-hydrogen) atoms. The second kappa shape index (κ2) is 9.12. The molecule has 0 unspecified atom stereocenters. The van der Waals surface area contributed by atoms with E-state index in [1.807, 2.05) is 61.2 Å². The van der Waals surface area contributed by atoms with Crippen LogP contribution in [0.3, 0.4) is 0 Å². The van der Waals surface area contributed by atoms with E-state index >= 15 is 0 Å². The van der Waals surface area contributed by atoms with Gasteiger partial charge < -0.3 is 10.7 Å². The van der Waals surface area contributed by atoms with Crippen molar-refractivity contribution < 1.29 is 4.79 Å². The number of amides is 1. The molecule has 0 aliphatic heterocycles. The Morgan fingerprint density at radius 1 is 1.11 bits per heavy atom. The van der Waals surface area contributed by atoms with Crippen molar-refractivity contribution in [1.82, 2.24) is 19.8 Å². The average Bonchev–Trinajstić information content (AvgIpc) is 3.08. The Kier molecular flexibility index (Phi) is 6.59. The summed E-state index contributed by atoms with van der Waals surface area (Å²) in [5, 5.41) is 9.08. The standard InChI is InChI=1S/C20H22ClN5OS/c1-3-25(4-2)19(27)17(14-8-6-5-7-9-14)28-20-24-23-18(26(20)22)15-10-12-16(21)13-11-15/h5-13,17H,3-4,22H2,1-2H3/t17-/m0/s1. The highest BCUT2D eigenvalue weighted by molar-refractivity contribution is 8.00. The van der Waals surface area contributed by atoms with E-state index in [1.54, 1.807) is 12.1 Å². The first kappa shape index (κ1) is 20.2. The van der Waals surface area contributed by atoms with Gasteiger partial charge in [0.25, 0.3) is 0 Å². The van der Waals surface area contributed by atoms with Crippen molar-refractivity contribution in [3.63, 3.8) is 0 Å². The fraction of sp³-hybridized carbons (Fsp3) is 0.250. The first-order chi connectivity index (χ1) is 13.5. The predicted octanol–water partition coefficient (Wildman–Crippen LogP) is 4.01. The lowest BCUT2D eigenvalue weighted by atomic mass is 10.1. The normalized spacial score (nSPS) is 12.0. The Bertz CT molecular complexity index is 926. The highest BCUT2D eigenvalue weighted by Gasteiger charge is 2.28. The smallest absolute Gasteiger partial charge is 0.240 e. The number of nitrogens with two attached hydrogens (primary N) is 1. The second-order valence-electron chi connectivity index (χ2n) is 6.10. The molecule has 3 rings (SSSR count). The van der Waals surface area contributed by atoms with E-state index < -0.39 is 5.25 Å². The molecule has 0 aliphatic rings. The summed E-state index contributed by atoms with van der Waals surface area (Å²) >= 11 is 7.25. The Morgan fingerprint density at radius 2 is 1.75 bits per heavy atom. The van der Waals surface area contributed by atoms with Crippen molar-refractivity contribution in [2.24, 2.45) is 0 Å². The number of hydrogen-bond donors (Lipinski definition) is 1. The molecule has 8 heteroatoms. The van der Waals surface area contributed by atoms with Gasteiger partial charge in [0.05, 0.1) is 0 Å². The first-order valence-electron chi connectivity index (χ1n) is 9.02. The molecule has 1 heterocycles. The monoisotopic (exact) mass is 415 g/mol. The zero-order valence-corrected chi connectivity index (χ0v) is 17.3. The lowest BCUT2D eigenvalue weighted by molar-refractivity contribution is -0.130. The number of thioether (sulfide) groups is 1. The van der Waals surface area contributed by atoms with E-state index in [2.05, 4.69) is 10.2 Å². The minimum Gasteiger partial charge on any atom is -0.342 e. The van der Waals surface area contributed by atoms with Gasteiger partial charge in [-0.25, -0.2) is 4.68 Å². The SMILES string of the molecule is CCN(CC)C(=O)[C@@H](Sc1nnc(-c2ccc(Cl)cc2)n1N)c1ccccc1. The molecule has 0 saturated carbocycles. The van der Waals surface area contributed by atoms with E-state index in [0.29, 0.717) is 29.1 Å². The molecule has 146 valence electrons. The number of carbonyl (C=O) groups is 1. The molecule has 0 spiro atoms. The van der Waals surface area contributed by atoms with Gasteiger partial charge in [-0.15, -0.1) is 10.2 Å². The minimum atomic E-state index is -0.453. The summed E-state index contributed by atoms with van der Waals surface area (Å²) in [7, 11) is 0. The van der Waals surface area contributed by atoms with Crippen molar-refractivity contribution in [1.29, 1.82) is 0 Å². The summed E-state index contributed by atoms with van der Waals surface area (Å²) in [4.78, 5) is 14.9. The van der Waals surface area contributed by atoms with Gasteiger partial charge in [0, 0.05) is 23.7 Å². The molecule has 0 saturated heterocycles. The molecule has 1 aromatic heterocycles. The molecular formula is C20H22ClN5OS. The van der Waals surface area contributed by atoms with Gasteiger partial charge in [-0.3, -0.25) is 4.79 Å². The van der Waals surface area contributed by atoms with Gasteiger partial charge in [-0.05, 0) is 43.7 Å². The number of nitrogens with zero attached hydrogens (tertiary/aromatic N) is 4. The van der Waals surface area contributed by atoms with Crippen molar-refractivity contribution in [2.45, 2.75) is 24.3 Å². The average molecular weight is 416 g/mol. The van der Waals surface area contributed by atoms with Crippen molar-refractivity contribution >= 4 is 29.3 Å². The Morgan fingerprint density at radius 3 is 2.36 bits per heavy atom. The number of likely N-dealkylation sites (N-methyl/N-ethyl adjacent to an activating group) is 1. The number of nitrogen functional groups attached to an aromatic ring is 1. The summed E-state index contributed by atoms with van der Waals surface area (Å²) < 4.78 is 1.42. The van der Waals surface area contributed by atoms with Crippen molar-refractivity contribution in [3.8, 4) is 11.4 Å². The molecule has 0 fully saturated rings. The largest absolute Gasteiger partial charge is 0.342 e. The predicted molar refractivity (Wildman–Crippen MR) is 114 cm³/mol. The molecule has 0 aliphatic carbocycles. The maximum Gasteiger partial charge on any atom is 0.240 e. The van der Waals surface area contributed by atoms with E-state index in [-0.39, 0.29) is 5.91 Å². The molecule has 2 N–H and O–H groups in total. The third kappa shape index (κ3) is 4.31. The Labute approximate surface area is 173 Å². The topological polar surface area (TPSA) is 77.0 Å². The van der Waals surface area contributed by atoms with Gasteiger partial charge in [0.15, 0.2) is 5.82 Å². The van der Waals surface area contributed by atoms with Crippen LogP contribution in [0.4, 0.5) is 0 Å². The van der Waals surface area contributed by atoms with Gasteiger partial charge in [0.1, 0.15) is 5.25 Å². The van der Waals surface area contributed by atoms with Crippen LogP contribution in [-0.4, -0.2) is 38.8 Å². The van der Waals surface area contributed by atoms with Gasteiger partial charge in [0.2, 0.25) is 11.1 Å². The quantitative estimate of drug-likeness (QED) is 0.466. The number of halogens is 1. The van der Waals surface area contributed by atoms with Crippen LogP contribution in [0.2, 0.25) is 5.02 Å². The van der Waals surface area contributed by atoms with E-state index in [4.69, 9.17) is 17.4 Å². The number of benzene rings is 2. The molecule has 0 bridgehead atoms. The Hall–Kier alpha value is -2.51. The third-order valence-electron chi connectivity index (χ3n) is 4.39. The summed E-state index contributed by atoms with van der Waals surface area (Å²) in [5.74, 6) is 6.79. The fourth-order valence-electron chi connectivity index (χ4n) is 2.85. The summed E-state index contributed by atoms with van der Waals surface area (Å²) in [6, 6.07) is 16.9. The van der Waals surface area contributed by atoms with Gasteiger partial charge >= 0.3 is 0 Å². The maximum atomic E-state index is 13.1.